The van der Waals surface area contributed by atoms with Crippen LogP contribution in [0.25, 0.3) is 17.0 Å². The van der Waals surface area contributed by atoms with E-state index in [1.807, 2.05) is 24.3 Å². The van der Waals surface area contributed by atoms with E-state index in [0.29, 0.717) is 10.8 Å². The van der Waals surface area contributed by atoms with Gasteiger partial charge in [-0.05, 0) is 18.2 Å². The topological polar surface area (TPSA) is 43.1 Å². The number of pyridine rings is 1. The van der Waals surface area contributed by atoms with Crippen LogP contribution in [0.4, 0.5) is 0 Å². The molecule has 3 heterocycles. The molecule has 78 valence electrons. The summed E-state index contributed by atoms with van der Waals surface area (Å²) in [5, 5.41) is 4.88. The van der Waals surface area contributed by atoms with Crippen molar-refractivity contribution >= 4 is 17.2 Å². The van der Waals surface area contributed by atoms with Crippen molar-refractivity contribution in [3.63, 3.8) is 0 Å². The van der Waals surface area contributed by atoms with Crippen molar-refractivity contribution in [2.24, 2.45) is 0 Å². The van der Waals surface area contributed by atoms with Gasteiger partial charge in [0.05, 0.1) is 5.69 Å². The smallest absolute Gasteiger partial charge is 0.157 e. The van der Waals surface area contributed by atoms with Crippen LogP contribution in [0, 0.1) is 0 Å². The molecule has 5 heteroatoms. The molecule has 0 unspecified atom stereocenters. The molecule has 0 aliphatic heterocycles. The van der Waals surface area contributed by atoms with Gasteiger partial charge in [-0.3, -0.25) is 4.98 Å². The fourth-order valence-corrected chi connectivity index (χ4v) is 1.69. The Labute approximate surface area is 96.5 Å². The van der Waals surface area contributed by atoms with Crippen LogP contribution in [-0.2, 0) is 0 Å². The van der Waals surface area contributed by atoms with Gasteiger partial charge in [0.2, 0.25) is 0 Å². The molecule has 0 aromatic carbocycles. The third-order valence-electron chi connectivity index (χ3n) is 2.24. The lowest BCUT2D eigenvalue weighted by molar-refractivity contribution is 0.941. The highest BCUT2D eigenvalue weighted by Crippen LogP contribution is 2.18. The van der Waals surface area contributed by atoms with E-state index in [9.17, 15) is 0 Å². The van der Waals surface area contributed by atoms with E-state index in [1.165, 1.54) is 0 Å². The summed E-state index contributed by atoms with van der Waals surface area (Å²) in [6.45, 7) is 0. The summed E-state index contributed by atoms with van der Waals surface area (Å²) < 4.78 is 1.59. The van der Waals surface area contributed by atoms with E-state index in [2.05, 4.69) is 15.1 Å². The summed E-state index contributed by atoms with van der Waals surface area (Å²) in [6, 6.07) is 9.24. The van der Waals surface area contributed by atoms with E-state index < -0.39 is 0 Å². The van der Waals surface area contributed by atoms with Crippen molar-refractivity contribution in [3.05, 3.63) is 47.9 Å². The van der Waals surface area contributed by atoms with Gasteiger partial charge in [-0.2, -0.15) is 5.10 Å². The molecule has 0 fully saturated rings. The lowest BCUT2D eigenvalue weighted by atomic mass is 10.3. The molecule has 0 saturated carbocycles. The van der Waals surface area contributed by atoms with Crippen LogP contribution in [0.15, 0.2) is 42.7 Å². The molecule has 0 aliphatic rings. The van der Waals surface area contributed by atoms with E-state index >= 15 is 0 Å². The fraction of sp³-hybridized carbons (Fsp3) is 0. The van der Waals surface area contributed by atoms with Gasteiger partial charge in [-0.1, -0.05) is 17.7 Å². The van der Waals surface area contributed by atoms with Crippen LogP contribution >= 0.6 is 11.6 Å². The third-order valence-corrected chi connectivity index (χ3v) is 2.53. The molecule has 0 radical (unpaired) electrons. The van der Waals surface area contributed by atoms with Gasteiger partial charge in [-0.25, -0.2) is 9.50 Å². The molecule has 0 spiro atoms. The first-order chi connectivity index (χ1) is 7.84. The first kappa shape index (κ1) is 9.30. The summed E-state index contributed by atoms with van der Waals surface area (Å²) in [7, 11) is 0. The van der Waals surface area contributed by atoms with E-state index in [0.717, 1.165) is 11.4 Å². The van der Waals surface area contributed by atoms with Crippen molar-refractivity contribution in [2.45, 2.75) is 0 Å². The van der Waals surface area contributed by atoms with Crippen molar-refractivity contribution < 1.29 is 0 Å². The number of nitrogens with zero attached hydrogens (tertiary/aromatic N) is 4. The normalized spacial score (nSPS) is 10.8. The zero-order chi connectivity index (χ0) is 11.0. The fourth-order valence-electron chi connectivity index (χ4n) is 1.51. The zero-order valence-corrected chi connectivity index (χ0v) is 8.96. The molecule has 3 aromatic rings. The molecular weight excluding hydrogens is 224 g/mol. The molecule has 4 nitrogen and oxygen atoms in total. The molecular formula is C11H7ClN4. The lowest BCUT2D eigenvalue weighted by Crippen LogP contribution is -1.90. The average Bonchev–Trinajstić information content (AvgIpc) is 2.76. The Morgan fingerprint density at radius 1 is 1.00 bits per heavy atom. The van der Waals surface area contributed by atoms with Gasteiger partial charge in [0.25, 0.3) is 0 Å². The van der Waals surface area contributed by atoms with E-state index in [1.54, 1.807) is 23.0 Å². The summed E-state index contributed by atoms with van der Waals surface area (Å²) in [6.07, 6.45) is 3.38. The minimum atomic E-state index is 0.534. The van der Waals surface area contributed by atoms with Crippen molar-refractivity contribution in [1.82, 2.24) is 19.6 Å². The Hall–Kier alpha value is -1.94. The Morgan fingerprint density at radius 3 is 2.69 bits per heavy atom. The van der Waals surface area contributed by atoms with Gasteiger partial charge in [0, 0.05) is 18.5 Å². The largest absolute Gasteiger partial charge is 0.255 e. The lowest BCUT2D eigenvalue weighted by Gasteiger charge is -1.93. The Bertz CT molecular complexity index is 633. The molecule has 0 bridgehead atoms. The first-order valence-electron chi connectivity index (χ1n) is 4.76. The number of fused-ring (bicyclic) bond motifs is 1. The molecule has 0 amide bonds. The van der Waals surface area contributed by atoms with E-state index in [-0.39, 0.29) is 0 Å². The van der Waals surface area contributed by atoms with Crippen molar-refractivity contribution in [1.29, 1.82) is 0 Å². The van der Waals surface area contributed by atoms with Crippen LogP contribution in [-0.4, -0.2) is 19.6 Å². The second kappa shape index (κ2) is 3.57. The number of halogens is 1. The highest BCUT2D eigenvalue weighted by atomic mass is 35.5. The number of aromatic nitrogens is 4. The summed E-state index contributed by atoms with van der Waals surface area (Å²) in [5.74, 6) is 0. The first-order valence-corrected chi connectivity index (χ1v) is 5.14. The van der Waals surface area contributed by atoms with E-state index in [4.69, 9.17) is 11.6 Å². The summed E-state index contributed by atoms with van der Waals surface area (Å²) in [4.78, 5) is 8.40. The molecule has 0 aliphatic carbocycles. The second-order valence-electron chi connectivity index (χ2n) is 3.28. The maximum atomic E-state index is 6.00. The quantitative estimate of drug-likeness (QED) is 0.603. The minimum Gasteiger partial charge on any atom is -0.255 e. The van der Waals surface area contributed by atoms with Crippen LogP contribution in [0.3, 0.4) is 0 Å². The summed E-state index contributed by atoms with van der Waals surface area (Å²) >= 11 is 6.00. The van der Waals surface area contributed by atoms with Crippen molar-refractivity contribution in [2.75, 3.05) is 0 Å². The number of hydrogen-bond acceptors (Lipinski definition) is 3. The van der Waals surface area contributed by atoms with Gasteiger partial charge < -0.3 is 0 Å². The van der Waals surface area contributed by atoms with Crippen LogP contribution in [0.1, 0.15) is 0 Å². The minimum absolute atomic E-state index is 0.534. The Kier molecular flexibility index (Phi) is 2.08. The third kappa shape index (κ3) is 1.44. The molecule has 0 atom stereocenters. The summed E-state index contributed by atoms with van der Waals surface area (Å²) in [5.41, 5.74) is 2.29. The van der Waals surface area contributed by atoms with Crippen molar-refractivity contribution in [3.8, 4) is 11.4 Å². The molecule has 3 aromatic heterocycles. The second-order valence-corrected chi connectivity index (χ2v) is 3.67. The van der Waals surface area contributed by atoms with Crippen LogP contribution in [0.2, 0.25) is 5.15 Å². The Morgan fingerprint density at radius 2 is 1.94 bits per heavy atom. The molecule has 16 heavy (non-hydrogen) atoms. The molecule has 0 N–H and O–H groups in total. The maximum absolute atomic E-state index is 6.00. The Balaban J connectivity index is 2.23. The van der Waals surface area contributed by atoms with Gasteiger partial charge in [0.1, 0.15) is 10.8 Å². The molecule has 0 saturated heterocycles. The van der Waals surface area contributed by atoms with Gasteiger partial charge in [0.15, 0.2) is 5.65 Å². The monoisotopic (exact) mass is 230 g/mol. The zero-order valence-electron chi connectivity index (χ0n) is 8.21. The molecule has 3 rings (SSSR count). The highest BCUT2D eigenvalue weighted by molar-refractivity contribution is 6.29. The number of hydrogen-bond donors (Lipinski definition) is 0. The van der Waals surface area contributed by atoms with Crippen LogP contribution in [0.5, 0.6) is 0 Å². The number of rotatable bonds is 1. The highest BCUT2D eigenvalue weighted by Gasteiger charge is 2.07. The van der Waals surface area contributed by atoms with Crippen LogP contribution < -0.4 is 0 Å². The predicted molar refractivity (Wildman–Crippen MR) is 61.2 cm³/mol. The predicted octanol–water partition coefficient (Wildman–Crippen LogP) is 2.44. The average molecular weight is 231 g/mol. The van der Waals surface area contributed by atoms with Gasteiger partial charge >= 0.3 is 0 Å². The standard InChI is InChI=1S/C11H7ClN4/c12-10-4-6-14-11-7-9(15-16(10)11)8-3-1-2-5-13-8/h1-7H. The maximum Gasteiger partial charge on any atom is 0.157 e. The SMILES string of the molecule is Clc1ccnc2cc(-c3ccccn3)nn12. The van der Waals surface area contributed by atoms with Gasteiger partial charge in [-0.15, -0.1) is 0 Å².